The Morgan fingerprint density at radius 2 is 1.79 bits per heavy atom. The van der Waals surface area contributed by atoms with E-state index in [1.165, 1.54) is 5.56 Å². The van der Waals surface area contributed by atoms with Gasteiger partial charge >= 0.3 is 0 Å². The molecule has 1 heterocycles. The van der Waals surface area contributed by atoms with E-state index in [0.717, 1.165) is 49.7 Å². The molecular weight excluding hydrogens is 412 g/mol. The second kappa shape index (κ2) is 12.5. The van der Waals surface area contributed by atoms with Gasteiger partial charge in [-0.05, 0) is 49.6 Å². The van der Waals surface area contributed by atoms with Crippen LogP contribution in [-0.4, -0.2) is 67.7 Å². The van der Waals surface area contributed by atoms with Crippen molar-refractivity contribution < 1.29 is 9.53 Å². The first-order valence-corrected chi connectivity index (χ1v) is 11.8. The Balaban J connectivity index is 1.79. The summed E-state index contributed by atoms with van der Waals surface area (Å²) in [5.74, 6) is 0.0278. The van der Waals surface area contributed by atoms with E-state index in [-0.39, 0.29) is 11.9 Å². The van der Waals surface area contributed by atoms with E-state index >= 15 is 0 Å². The van der Waals surface area contributed by atoms with E-state index in [1.807, 2.05) is 44.2 Å². The Bertz CT molecular complexity index is 915. The van der Waals surface area contributed by atoms with Gasteiger partial charge in [-0.1, -0.05) is 36.4 Å². The largest absolute Gasteiger partial charge is 0.379 e. The summed E-state index contributed by atoms with van der Waals surface area (Å²) in [5.41, 5.74) is 4.28. The molecule has 1 unspecified atom stereocenters. The predicted molar refractivity (Wildman–Crippen MR) is 132 cm³/mol. The van der Waals surface area contributed by atoms with Gasteiger partial charge in [0.1, 0.15) is 0 Å². The van der Waals surface area contributed by atoms with Crippen molar-refractivity contribution >= 4 is 11.6 Å². The summed E-state index contributed by atoms with van der Waals surface area (Å²) < 4.78 is 5.50. The van der Waals surface area contributed by atoms with Gasteiger partial charge in [0.05, 0.1) is 32.2 Å². The first-order valence-electron chi connectivity index (χ1n) is 11.8. The standard InChI is InChI=1S/C27H36N4O2/c1-22-16-23(2)18-26(17-22)31(11-7-10-28)27(32)21-30(20-25-8-5-4-6-9-25)24(3)19-29-12-14-33-15-13-29/h4-6,8-9,16-18,24H,7,11-15,19-21H2,1-3H3. The minimum Gasteiger partial charge on any atom is -0.379 e. The molecule has 1 amide bonds. The molecule has 2 aromatic rings. The third kappa shape index (κ3) is 7.68. The van der Waals surface area contributed by atoms with E-state index in [2.05, 4.69) is 41.0 Å². The van der Waals surface area contributed by atoms with Crippen LogP contribution in [0.4, 0.5) is 5.69 Å². The highest BCUT2D eigenvalue weighted by Crippen LogP contribution is 2.21. The van der Waals surface area contributed by atoms with Crippen LogP contribution in [0.5, 0.6) is 0 Å². The smallest absolute Gasteiger partial charge is 0.241 e. The van der Waals surface area contributed by atoms with Crippen LogP contribution in [0.2, 0.25) is 0 Å². The quantitative estimate of drug-likeness (QED) is 0.554. The zero-order chi connectivity index (χ0) is 23.6. The lowest BCUT2D eigenvalue weighted by Gasteiger charge is -2.36. The third-order valence-electron chi connectivity index (χ3n) is 6.08. The van der Waals surface area contributed by atoms with Crippen molar-refractivity contribution in [3.8, 4) is 6.07 Å². The number of benzene rings is 2. The third-order valence-corrected chi connectivity index (χ3v) is 6.08. The minimum absolute atomic E-state index is 0.0278. The molecule has 6 nitrogen and oxygen atoms in total. The number of ether oxygens (including phenoxy) is 1. The van der Waals surface area contributed by atoms with E-state index in [4.69, 9.17) is 4.74 Å². The van der Waals surface area contributed by atoms with Crippen LogP contribution in [0.1, 0.15) is 30.0 Å². The fourth-order valence-electron chi connectivity index (χ4n) is 4.38. The maximum absolute atomic E-state index is 13.6. The highest BCUT2D eigenvalue weighted by atomic mass is 16.5. The van der Waals surface area contributed by atoms with E-state index in [1.54, 1.807) is 4.90 Å². The average Bonchev–Trinajstić information content (AvgIpc) is 2.79. The van der Waals surface area contributed by atoms with Crippen molar-refractivity contribution in [2.75, 3.05) is 50.8 Å². The zero-order valence-electron chi connectivity index (χ0n) is 20.2. The molecule has 1 fully saturated rings. The first-order chi connectivity index (χ1) is 16.0. The van der Waals surface area contributed by atoms with Crippen molar-refractivity contribution in [3.05, 3.63) is 65.2 Å². The topological polar surface area (TPSA) is 59.8 Å². The Kier molecular flexibility index (Phi) is 9.44. The Morgan fingerprint density at radius 1 is 1.12 bits per heavy atom. The molecule has 0 spiro atoms. The van der Waals surface area contributed by atoms with Crippen LogP contribution < -0.4 is 4.90 Å². The lowest BCUT2D eigenvalue weighted by Crippen LogP contribution is -2.49. The maximum Gasteiger partial charge on any atom is 0.241 e. The maximum atomic E-state index is 13.6. The van der Waals surface area contributed by atoms with Gasteiger partial charge in [0.2, 0.25) is 5.91 Å². The second-order valence-electron chi connectivity index (χ2n) is 8.95. The SMILES string of the molecule is Cc1cc(C)cc(N(CCC#N)C(=O)CN(Cc2ccccc2)C(C)CN2CCOCC2)c1. The predicted octanol–water partition coefficient (Wildman–Crippen LogP) is 3.77. The van der Waals surface area contributed by atoms with Gasteiger partial charge in [-0.3, -0.25) is 14.6 Å². The van der Waals surface area contributed by atoms with Crippen molar-refractivity contribution in [3.63, 3.8) is 0 Å². The minimum atomic E-state index is 0.0278. The highest BCUT2D eigenvalue weighted by Gasteiger charge is 2.25. The summed E-state index contributed by atoms with van der Waals surface area (Å²) in [7, 11) is 0. The number of carbonyl (C=O) groups is 1. The number of aryl methyl sites for hydroxylation is 2. The first kappa shape index (κ1) is 24.9. The number of anilines is 1. The summed E-state index contributed by atoms with van der Waals surface area (Å²) in [6, 6.07) is 18.9. The van der Waals surface area contributed by atoms with Crippen molar-refractivity contribution in [2.24, 2.45) is 0 Å². The summed E-state index contributed by atoms with van der Waals surface area (Å²) >= 11 is 0. The van der Waals surface area contributed by atoms with E-state index < -0.39 is 0 Å². The number of hydrogen-bond acceptors (Lipinski definition) is 5. The fraction of sp³-hybridized carbons (Fsp3) is 0.481. The van der Waals surface area contributed by atoms with Crippen LogP contribution in [0.15, 0.2) is 48.5 Å². The number of rotatable bonds is 10. The lowest BCUT2D eigenvalue weighted by atomic mass is 10.1. The summed E-state index contributed by atoms with van der Waals surface area (Å²) in [6.45, 7) is 11.9. The Morgan fingerprint density at radius 3 is 2.42 bits per heavy atom. The molecule has 176 valence electrons. The average molecular weight is 449 g/mol. The highest BCUT2D eigenvalue weighted by molar-refractivity contribution is 5.95. The van der Waals surface area contributed by atoms with Gasteiger partial charge in [0, 0.05) is 44.5 Å². The van der Waals surface area contributed by atoms with Crippen LogP contribution in [0.3, 0.4) is 0 Å². The monoisotopic (exact) mass is 448 g/mol. The summed E-state index contributed by atoms with van der Waals surface area (Å²) in [4.78, 5) is 20.1. The number of amides is 1. The van der Waals surface area contributed by atoms with E-state index in [9.17, 15) is 10.1 Å². The summed E-state index contributed by atoms with van der Waals surface area (Å²) in [6.07, 6.45) is 0.306. The number of hydrogen-bond donors (Lipinski definition) is 0. The molecule has 1 aliphatic rings. The van der Waals surface area contributed by atoms with Gasteiger partial charge in [-0.25, -0.2) is 0 Å². The number of nitriles is 1. The molecule has 0 aliphatic carbocycles. The molecule has 2 aromatic carbocycles. The molecule has 0 saturated carbocycles. The van der Waals surface area contributed by atoms with Crippen LogP contribution in [-0.2, 0) is 16.1 Å². The molecule has 3 rings (SSSR count). The number of nitrogens with zero attached hydrogens (tertiary/aromatic N) is 4. The van der Waals surface area contributed by atoms with Crippen LogP contribution in [0, 0.1) is 25.2 Å². The fourth-order valence-corrected chi connectivity index (χ4v) is 4.38. The van der Waals surface area contributed by atoms with Gasteiger partial charge in [0.25, 0.3) is 0 Å². The number of carbonyl (C=O) groups excluding carboxylic acids is 1. The van der Waals surface area contributed by atoms with Gasteiger partial charge < -0.3 is 9.64 Å². The normalized spacial score (nSPS) is 15.2. The molecular formula is C27H36N4O2. The van der Waals surface area contributed by atoms with Gasteiger partial charge in [0.15, 0.2) is 0 Å². The van der Waals surface area contributed by atoms with Gasteiger partial charge in [-0.2, -0.15) is 5.26 Å². The number of morpholine rings is 1. The lowest BCUT2D eigenvalue weighted by molar-refractivity contribution is -0.120. The van der Waals surface area contributed by atoms with E-state index in [0.29, 0.717) is 26.1 Å². The molecule has 0 N–H and O–H groups in total. The Hall–Kier alpha value is -2.72. The molecule has 0 aromatic heterocycles. The van der Waals surface area contributed by atoms with Crippen LogP contribution in [0.25, 0.3) is 0 Å². The molecule has 1 aliphatic heterocycles. The zero-order valence-corrected chi connectivity index (χ0v) is 20.2. The molecule has 0 bridgehead atoms. The Labute approximate surface area is 198 Å². The van der Waals surface area contributed by atoms with Crippen molar-refractivity contribution in [1.82, 2.24) is 9.80 Å². The van der Waals surface area contributed by atoms with Crippen molar-refractivity contribution in [2.45, 2.75) is 39.8 Å². The molecule has 0 radical (unpaired) electrons. The van der Waals surface area contributed by atoms with Crippen molar-refractivity contribution in [1.29, 1.82) is 5.26 Å². The van der Waals surface area contributed by atoms with Crippen LogP contribution >= 0.6 is 0 Å². The second-order valence-corrected chi connectivity index (χ2v) is 8.95. The molecule has 6 heteroatoms. The van der Waals surface area contributed by atoms with Gasteiger partial charge in [-0.15, -0.1) is 0 Å². The molecule has 33 heavy (non-hydrogen) atoms. The molecule has 1 atom stereocenters. The molecule has 1 saturated heterocycles. The summed E-state index contributed by atoms with van der Waals surface area (Å²) in [5, 5.41) is 9.19.